The third kappa shape index (κ3) is 3.91. The van der Waals surface area contributed by atoms with Gasteiger partial charge in [0.15, 0.2) is 0 Å². The van der Waals surface area contributed by atoms with E-state index in [-0.39, 0.29) is 25.2 Å². The van der Waals surface area contributed by atoms with Crippen LogP contribution in [0.25, 0.3) is 0 Å². The second-order valence-corrected chi connectivity index (χ2v) is 4.67. The van der Waals surface area contributed by atoms with E-state index in [2.05, 4.69) is 5.32 Å². The molecule has 1 saturated heterocycles. The Morgan fingerprint density at radius 1 is 1.61 bits per heavy atom. The van der Waals surface area contributed by atoms with Gasteiger partial charge >= 0.3 is 0 Å². The Bertz CT molecular complexity index is 273. The Hall–Kier alpha value is -0.690. The molecule has 18 heavy (non-hydrogen) atoms. The molecule has 0 spiro atoms. The molecule has 6 heteroatoms. The van der Waals surface area contributed by atoms with Gasteiger partial charge in [-0.25, -0.2) is 0 Å². The van der Waals surface area contributed by atoms with Crippen molar-refractivity contribution in [3.05, 3.63) is 0 Å². The molecule has 0 aromatic carbocycles. The highest BCUT2D eigenvalue weighted by atomic mass is 16.5. The molecule has 1 fully saturated rings. The highest BCUT2D eigenvalue weighted by Crippen LogP contribution is 2.20. The maximum Gasteiger partial charge on any atom is 0.217 e. The fraction of sp³-hybridized carbons (Fsp3) is 0.917. The molecule has 6 nitrogen and oxygen atoms in total. The Kier molecular flexibility index (Phi) is 6.01. The van der Waals surface area contributed by atoms with Crippen LogP contribution in [0.15, 0.2) is 0 Å². The number of aliphatic hydroxyl groups excluding tert-OH is 2. The molecule has 5 atom stereocenters. The Labute approximate surface area is 107 Å². The topological polar surface area (TPSA) is 88.0 Å². The number of carbonyl (C=O) groups excluding carboxylic acids is 1. The van der Waals surface area contributed by atoms with Crippen LogP contribution in [-0.4, -0.2) is 59.8 Å². The number of ether oxygens (including phenoxy) is 2. The summed E-state index contributed by atoms with van der Waals surface area (Å²) >= 11 is 0. The summed E-state index contributed by atoms with van der Waals surface area (Å²) in [6, 6.07) is -0.394. The van der Waals surface area contributed by atoms with E-state index in [1.807, 2.05) is 13.8 Å². The van der Waals surface area contributed by atoms with Crippen LogP contribution in [0.3, 0.4) is 0 Å². The van der Waals surface area contributed by atoms with Crippen LogP contribution in [-0.2, 0) is 14.3 Å². The number of nitrogens with one attached hydrogen (secondary N) is 1. The third-order valence-electron chi connectivity index (χ3n) is 3.14. The van der Waals surface area contributed by atoms with Crippen LogP contribution < -0.4 is 5.32 Å². The molecular formula is C12H23NO5. The minimum atomic E-state index is -0.949. The van der Waals surface area contributed by atoms with Gasteiger partial charge in [-0.3, -0.25) is 4.79 Å². The Morgan fingerprint density at radius 2 is 2.28 bits per heavy atom. The number of carbonyl (C=O) groups is 1. The molecule has 1 amide bonds. The van der Waals surface area contributed by atoms with Crippen molar-refractivity contribution in [1.82, 2.24) is 5.32 Å². The first-order valence-electron chi connectivity index (χ1n) is 6.32. The van der Waals surface area contributed by atoms with Crippen molar-refractivity contribution in [2.45, 2.75) is 57.6 Å². The van der Waals surface area contributed by atoms with Crippen LogP contribution in [0.4, 0.5) is 0 Å². The van der Waals surface area contributed by atoms with Gasteiger partial charge in [0.1, 0.15) is 18.3 Å². The molecule has 0 saturated carbocycles. The Morgan fingerprint density at radius 3 is 2.78 bits per heavy atom. The largest absolute Gasteiger partial charge is 0.394 e. The van der Waals surface area contributed by atoms with E-state index < -0.39 is 24.4 Å². The van der Waals surface area contributed by atoms with Crippen molar-refractivity contribution in [2.24, 2.45) is 0 Å². The number of rotatable bonds is 5. The van der Waals surface area contributed by atoms with Crippen LogP contribution in [0.2, 0.25) is 0 Å². The second-order valence-electron chi connectivity index (χ2n) is 4.67. The zero-order valence-electron chi connectivity index (χ0n) is 11.1. The van der Waals surface area contributed by atoms with Gasteiger partial charge in [-0.05, 0) is 13.3 Å². The third-order valence-corrected chi connectivity index (χ3v) is 3.14. The standard InChI is InChI=1S/C12H23NO5/c1-4-7(2)18-12-9(13-8(3)15)6-17-10(5-14)11(12)16/h7,9-12,14,16H,4-6H2,1-3H3,(H,13,15)/t7?,9?,10?,11-,12?/m1/s1. The molecule has 0 aromatic rings. The van der Waals surface area contributed by atoms with E-state index in [1.165, 1.54) is 6.92 Å². The highest BCUT2D eigenvalue weighted by Gasteiger charge is 2.41. The van der Waals surface area contributed by atoms with Gasteiger partial charge in [-0.1, -0.05) is 6.92 Å². The summed E-state index contributed by atoms with van der Waals surface area (Å²) in [7, 11) is 0. The number of hydrogen-bond donors (Lipinski definition) is 3. The van der Waals surface area contributed by atoms with E-state index in [0.717, 1.165) is 6.42 Å². The van der Waals surface area contributed by atoms with Crippen LogP contribution in [0.5, 0.6) is 0 Å². The molecule has 0 aromatic heterocycles. The fourth-order valence-electron chi connectivity index (χ4n) is 1.96. The van der Waals surface area contributed by atoms with E-state index >= 15 is 0 Å². The quantitative estimate of drug-likeness (QED) is 0.616. The lowest BCUT2D eigenvalue weighted by Crippen LogP contribution is -2.61. The predicted octanol–water partition coefficient (Wildman–Crippen LogP) is -0.573. The molecule has 1 heterocycles. The maximum atomic E-state index is 11.1. The van der Waals surface area contributed by atoms with Crippen LogP contribution in [0.1, 0.15) is 27.2 Å². The molecule has 1 rings (SSSR count). The average molecular weight is 261 g/mol. The van der Waals surface area contributed by atoms with Gasteiger partial charge < -0.3 is 25.0 Å². The summed E-state index contributed by atoms with van der Waals surface area (Å²) < 4.78 is 11.0. The molecule has 0 bridgehead atoms. The predicted molar refractivity (Wildman–Crippen MR) is 65.1 cm³/mol. The summed E-state index contributed by atoms with van der Waals surface area (Å²) in [6.45, 7) is 5.25. The summed E-state index contributed by atoms with van der Waals surface area (Å²) in [5.74, 6) is -0.198. The lowest BCUT2D eigenvalue weighted by molar-refractivity contribution is -0.191. The van der Waals surface area contributed by atoms with Crippen molar-refractivity contribution in [2.75, 3.05) is 13.2 Å². The average Bonchev–Trinajstić information content (AvgIpc) is 2.33. The second kappa shape index (κ2) is 7.04. The first-order chi connectivity index (χ1) is 8.49. The zero-order chi connectivity index (χ0) is 13.7. The van der Waals surface area contributed by atoms with Gasteiger partial charge in [0.25, 0.3) is 0 Å². The van der Waals surface area contributed by atoms with E-state index in [1.54, 1.807) is 0 Å². The molecule has 1 aliphatic rings. The normalized spacial score (nSPS) is 34.1. The number of hydrogen-bond acceptors (Lipinski definition) is 5. The molecular weight excluding hydrogens is 238 g/mol. The zero-order valence-corrected chi connectivity index (χ0v) is 11.1. The number of amides is 1. The molecule has 3 N–H and O–H groups in total. The summed E-state index contributed by atoms with van der Waals surface area (Å²) in [5, 5.41) is 21.9. The monoisotopic (exact) mass is 261 g/mol. The lowest BCUT2D eigenvalue weighted by Gasteiger charge is -2.40. The van der Waals surface area contributed by atoms with Crippen molar-refractivity contribution < 1.29 is 24.5 Å². The first kappa shape index (κ1) is 15.4. The van der Waals surface area contributed by atoms with Crippen LogP contribution in [0, 0.1) is 0 Å². The van der Waals surface area contributed by atoms with Crippen molar-refractivity contribution in [3.8, 4) is 0 Å². The number of aliphatic hydroxyl groups is 2. The van der Waals surface area contributed by atoms with E-state index in [9.17, 15) is 9.90 Å². The van der Waals surface area contributed by atoms with Crippen molar-refractivity contribution in [3.63, 3.8) is 0 Å². The van der Waals surface area contributed by atoms with Crippen molar-refractivity contribution >= 4 is 5.91 Å². The van der Waals surface area contributed by atoms with Gasteiger partial charge in [-0.15, -0.1) is 0 Å². The maximum absolute atomic E-state index is 11.1. The molecule has 0 radical (unpaired) electrons. The fourth-order valence-corrected chi connectivity index (χ4v) is 1.96. The van der Waals surface area contributed by atoms with E-state index in [0.29, 0.717) is 0 Å². The highest BCUT2D eigenvalue weighted by molar-refractivity contribution is 5.73. The van der Waals surface area contributed by atoms with Gasteiger partial charge in [0, 0.05) is 6.92 Å². The first-order valence-corrected chi connectivity index (χ1v) is 6.32. The van der Waals surface area contributed by atoms with Gasteiger partial charge in [-0.2, -0.15) is 0 Å². The summed E-state index contributed by atoms with van der Waals surface area (Å²) in [5.41, 5.74) is 0. The van der Waals surface area contributed by atoms with Crippen molar-refractivity contribution in [1.29, 1.82) is 0 Å². The molecule has 106 valence electrons. The SMILES string of the molecule is CCC(C)OC1C(NC(C)=O)COC(CO)[C@H]1O. The smallest absolute Gasteiger partial charge is 0.217 e. The lowest BCUT2D eigenvalue weighted by atomic mass is 9.97. The Balaban J connectivity index is 2.73. The van der Waals surface area contributed by atoms with Gasteiger partial charge in [0.05, 0.1) is 25.4 Å². The van der Waals surface area contributed by atoms with Crippen LogP contribution >= 0.6 is 0 Å². The van der Waals surface area contributed by atoms with Gasteiger partial charge in [0.2, 0.25) is 5.91 Å². The molecule has 0 aliphatic carbocycles. The summed E-state index contributed by atoms with van der Waals surface area (Å²) in [4.78, 5) is 11.1. The molecule has 1 aliphatic heterocycles. The minimum Gasteiger partial charge on any atom is -0.394 e. The summed E-state index contributed by atoms with van der Waals surface area (Å²) in [6.07, 6.45) is -1.40. The molecule has 4 unspecified atom stereocenters. The van der Waals surface area contributed by atoms with E-state index in [4.69, 9.17) is 14.6 Å². The minimum absolute atomic E-state index is 0.0293.